The third-order valence-electron chi connectivity index (χ3n) is 3.32. The van der Waals surface area contributed by atoms with E-state index < -0.39 is 10.9 Å². The summed E-state index contributed by atoms with van der Waals surface area (Å²) >= 11 is 0. The average Bonchev–Trinajstić information content (AvgIpc) is 2.59. The molecule has 8 heteroatoms. The van der Waals surface area contributed by atoms with E-state index in [0.717, 1.165) is 0 Å². The van der Waals surface area contributed by atoms with Crippen LogP contribution in [0.4, 0.5) is 5.69 Å². The van der Waals surface area contributed by atoms with Crippen molar-refractivity contribution in [3.05, 3.63) is 80.4 Å². The quantitative estimate of drug-likeness (QED) is 0.446. The van der Waals surface area contributed by atoms with Crippen molar-refractivity contribution >= 4 is 22.6 Å². The van der Waals surface area contributed by atoms with E-state index in [2.05, 4.69) is 9.97 Å². The molecule has 1 aromatic heterocycles. The van der Waals surface area contributed by atoms with Crippen molar-refractivity contribution in [2.45, 2.75) is 6.61 Å². The number of para-hydroxylation sites is 2. The molecule has 0 aliphatic carbocycles. The average molecular weight is 325 g/mol. The number of nitrogens with zero attached hydrogens (tertiary/aromatic N) is 2. The van der Waals surface area contributed by atoms with E-state index >= 15 is 0 Å². The van der Waals surface area contributed by atoms with E-state index in [9.17, 15) is 19.7 Å². The van der Waals surface area contributed by atoms with Crippen molar-refractivity contribution in [3.63, 3.8) is 0 Å². The molecule has 0 aliphatic heterocycles. The van der Waals surface area contributed by atoms with Crippen LogP contribution in [-0.4, -0.2) is 20.9 Å². The molecule has 120 valence electrons. The van der Waals surface area contributed by atoms with Crippen molar-refractivity contribution < 1.29 is 14.5 Å². The highest BCUT2D eigenvalue weighted by Crippen LogP contribution is 2.19. The number of aromatic amines is 1. The van der Waals surface area contributed by atoms with Gasteiger partial charge in [0, 0.05) is 6.07 Å². The number of ether oxygens (including phenoxy) is 1. The standard InChI is InChI=1S/C16H11N3O5/c20-15-10-5-1-3-7-12(10)17-14(18-15)9-24-16(21)11-6-2-4-8-13(11)19(22)23/h1-8H,9H2,(H,17,18,20). The number of H-pyrrole nitrogens is 1. The molecule has 24 heavy (non-hydrogen) atoms. The van der Waals surface area contributed by atoms with Gasteiger partial charge >= 0.3 is 5.97 Å². The van der Waals surface area contributed by atoms with Crippen molar-refractivity contribution in [3.8, 4) is 0 Å². The van der Waals surface area contributed by atoms with Gasteiger partial charge in [-0.05, 0) is 18.2 Å². The summed E-state index contributed by atoms with van der Waals surface area (Å²) in [6, 6.07) is 12.2. The Balaban J connectivity index is 1.83. The molecule has 0 fully saturated rings. The van der Waals surface area contributed by atoms with E-state index in [0.29, 0.717) is 10.9 Å². The summed E-state index contributed by atoms with van der Waals surface area (Å²) < 4.78 is 5.03. The first-order valence-corrected chi connectivity index (χ1v) is 6.95. The van der Waals surface area contributed by atoms with E-state index in [4.69, 9.17) is 4.74 Å². The zero-order valence-electron chi connectivity index (χ0n) is 12.3. The normalized spacial score (nSPS) is 10.5. The Morgan fingerprint density at radius 3 is 2.67 bits per heavy atom. The van der Waals surface area contributed by atoms with Crippen molar-refractivity contribution in [1.82, 2.24) is 9.97 Å². The summed E-state index contributed by atoms with van der Waals surface area (Å²) in [7, 11) is 0. The fourth-order valence-corrected chi connectivity index (χ4v) is 2.22. The lowest BCUT2D eigenvalue weighted by molar-refractivity contribution is -0.385. The van der Waals surface area contributed by atoms with Gasteiger partial charge in [0.05, 0.1) is 15.8 Å². The molecule has 1 heterocycles. The molecule has 3 rings (SSSR count). The van der Waals surface area contributed by atoms with Crippen LogP contribution >= 0.6 is 0 Å². The first-order chi connectivity index (χ1) is 11.6. The van der Waals surface area contributed by atoms with Gasteiger partial charge in [0.15, 0.2) is 0 Å². The van der Waals surface area contributed by atoms with Crippen LogP contribution in [0.5, 0.6) is 0 Å². The highest BCUT2D eigenvalue weighted by molar-refractivity contribution is 5.93. The highest BCUT2D eigenvalue weighted by Gasteiger charge is 2.20. The van der Waals surface area contributed by atoms with Gasteiger partial charge in [-0.1, -0.05) is 24.3 Å². The maximum Gasteiger partial charge on any atom is 0.345 e. The van der Waals surface area contributed by atoms with Crippen LogP contribution in [0.1, 0.15) is 16.2 Å². The van der Waals surface area contributed by atoms with Crippen LogP contribution in [-0.2, 0) is 11.3 Å². The molecule has 0 spiro atoms. The number of hydrogen-bond donors (Lipinski definition) is 1. The molecule has 3 aromatic rings. The second-order valence-corrected chi connectivity index (χ2v) is 4.88. The minimum atomic E-state index is -0.863. The molecule has 0 aliphatic rings. The van der Waals surface area contributed by atoms with Gasteiger partial charge in [-0.15, -0.1) is 0 Å². The van der Waals surface area contributed by atoms with Gasteiger partial charge in [-0.2, -0.15) is 0 Å². The summed E-state index contributed by atoms with van der Waals surface area (Å²) in [6.45, 7) is -0.301. The summed E-state index contributed by atoms with van der Waals surface area (Å²) in [6.07, 6.45) is 0. The first-order valence-electron chi connectivity index (χ1n) is 6.95. The fourth-order valence-electron chi connectivity index (χ4n) is 2.22. The minimum absolute atomic E-state index is 0.158. The lowest BCUT2D eigenvalue weighted by Gasteiger charge is -2.06. The van der Waals surface area contributed by atoms with Crippen LogP contribution in [0, 0.1) is 10.1 Å². The first kappa shape index (κ1) is 15.3. The number of nitrogens with one attached hydrogen (secondary N) is 1. The number of aromatic nitrogens is 2. The van der Waals surface area contributed by atoms with E-state index in [1.54, 1.807) is 24.3 Å². The van der Waals surface area contributed by atoms with Crippen LogP contribution in [0.25, 0.3) is 10.9 Å². The Bertz CT molecular complexity index is 996. The topological polar surface area (TPSA) is 115 Å². The number of nitro groups is 1. The zero-order chi connectivity index (χ0) is 17.1. The summed E-state index contributed by atoms with van der Waals surface area (Å²) in [5.74, 6) is -0.705. The number of carbonyl (C=O) groups is 1. The maximum atomic E-state index is 12.0. The van der Waals surface area contributed by atoms with E-state index in [1.165, 1.54) is 24.3 Å². The number of hydrogen-bond acceptors (Lipinski definition) is 6. The van der Waals surface area contributed by atoms with Crippen LogP contribution in [0.3, 0.4) is 0 Å². The Kier molecular flexibility index (Phi) is 4.02. The Morgan fingerprint density at radius 1 is 1.17 bits per heavy atom. The molecule has 8 nitrogen and oxygen atoms in total. The van der Waals surface area contributed by atoms with Gasteiger partial charge in [0.2, 0.25) is 0 Å². The van der Waals surface area contributed by atoms with Gasteiger partial charge in [0.1, 0.15) is 18.0 Å². The Hall–Kier alpha value is -3.55. The van der Waals surface area contributed by atoms with Gasteiger partial charge in [0.25, 0.3) is 11.2 Å². The Morgan fingerprint density at radius 2 is 1.88 bits per heavy atom. The second-order valence-electron chi connectivity index (χ2n) is 4.88. The largest absolute Gasteiger partial charge is 0.454 e. The number of nitro benzene ring substituents is 1. The molecule has 0 bridgehead atoms. The maximum absolute atomic E-state index is 12.0. The second kappa shape index (κ2) is 6.29. The third kappa shape index (κ3) is 2.98. The number of esters is 1. The number of rotatable bonds is 4. The monoisotopic (exact) mass is 325 g/mol. The third-order valence-corrected chi connectivity index (χ3v) is 3.32. The van der Waals surface area contributed by atoms with Crippen molar-refractivity contribution in [2.24, 2.45) is 0 Å². The molecular formula is C16H11N3O5. The predicted octanol–water partition coefficient (Wildman–Crippen LogP) is 2.19. The van der Waals surface area contributed by atoms with Crippen LogP contribution in [0.2, 0.25) is 0 Å². The number of fused-ring (bicyclic) bond motifs is 1. The molecule has 0 amide bonds. The predicted molar refractivity (Wildman–Crippen MR) is 84.6 cm³/mol. The fraction of sp³-hybridized carbons (Fsp3) is 0.0625. The number of carbonyl (C=O) groups excluding carboxylic acids is 1. The molecule has 0 saturated heterocycles. The summed E-state index contributed by atoms with van der Waals surface area (Å²) in [5.41, 5.74) is -0.386. The molecule has 0 saturated carbocycles. The lowest BCUT2D eigenvalue weighted by Crippen LogP contribution is -2.15. The smallest absolute Gasteiger partial charge is 0.345 e. The van der Waals surface area contributed by atoms with Crippen molar-refractivity contribution in [2.75, 3.05) is 0 Å². The summed E-state index contributed by atoms with van der Waals surface area (Å²) in [4.78, 5) is 41.0. The highest BCUT2D eigenvalue weighted by atomic mass is 16.6. The molecule has 2 aromatic carbocycles. The minimum Gasteiger partial charge on any atom is -0.454 e. The SMILES string of the molecule is O=C(OCc1nc2ccccc2c(=O)[nH]1)c1ccccc1[N+](=O)[O-]. The molecule has 0 atom stereocenters. The molecule has 1 N–H and O–H groups in total. The Labute approximate surface area is 134 Å². The van der Waals surface area contributed by atoms with Crippen LogP contribution < -0.4 is 5.56 Å². The van der Waals surface area contributed by atoms with Crippen LogP contribution in [0.15, 0.2) is 53.3 Å². The van der Waals surface area contributed by atoms with E-state index in [1.807, 2.05) is 0 Å². The number of benzene rings is 2. The van der Waals surface area contributed by atoms with Gasteiger partial charge < -0.3 is 9.72 Å². The van der Waals surface area contributed by atoms with Gasteiger partial charge in [-0.25, -0.2) is 9.78 Å². The molecule has 0 radical (unpaired) electrons. The molecule has 0 unspecified atom stereocenters. The lowest BCUT2D eigenvalue weighted by atomic mass is 10.2. The van der Waals surface area contributed by atoms with E-state index in [-0.39, 0.29) is 29.2 Å². The van der Waals surface area contributed by atoms with Crippen molar-refractivity contribution in [1.29, 1.82) is 0 Å². The zero-order valence-corrected chi connectivity index (χ0v) is 12.3. The summed E-state index contributed by atoms with van der Waals surface area (Å²) in [5, 5.41) is 11.4. The molecular weight excluding hydrogens is 314 g/mol. The van der Waals surface area contributed by atoms with Gasteiger partial charge in [-0.3, -0.25) is 14.9 Å².